The Kier molecular flexibility index (Phi) is 4.31. The van der Waals surface area contributed by atoms with Gasteiger partial charge in [-0.25, -0.2) is 19.7 Å². The largest absolute Gasteiger partial charge is 0.478 e. The Labute approximate surface area is 144 Å². The van der Waals surface area contributed by atoms with Crippen molar-refractivity contribution in [1.29, 1.82) is 0 Å². The molecule has 0 atom stereocenters. The Bertz CT molecular complexity index is 959. The van der Waals surface area contributed by atoms with Crippen LogP contribution < -0.4 is 4.90 Å². The van der Waals surface area contributed by atoms with Crippen molar-refractivity contribution in [2.75, 3.05) is 11.9 Å². The van der Waals surface area contributed by atoms with Gasteiger partial charge in [-0.15, -0.1) is 0 Å². The van der Waals surface area contributed by atoms with Gasteiger partial charge in [-0.3, -0.25) is 0 Å². The number of halogens is 1. The number of pyridine rings is 1. The van der Waals surface area contributed by atoms with Crippen LogP contribution in [0, 0.1) is 5.95 Å². The van der Waals surface area contributed by atoms with E-state index in [2.05, 4.69) is 15.0 Å². The van der Waals surface area contributed by atoms with Gasteiger partial charge in [0.2, 0.25) is 5.95 Å². The summed E-state index contributed by atoms with van der Waals surface area (Å²) in [7, 11) is 1.86. The fraction of sp³-hybridized carbons (Fsp3) is 0.222. The maximum Gasteiger partial charge on any atom is 0.335 e. The van der Waals surface area contributed by atoms with Crippen LogP contribution in [-0.4, -0.2) is 39.1 Å². The third-order valence-electron chi connectivity index (χ3n) is 4.00. The van der Waals surface area contributed by atoms with Gasteiger partial charge in [0.15, 0.2) is 5.82 Å². The van der Waals surface area contributed by atoms with E-state index < -0.39 is 11.9 Å². The molecule has 0 fully saturated rings. The first-order chi connectivity index (χ1) is 11.9. The minimum absolute atomic E-state index is 0.125. The number of carboxylic acid groups (broad SMARTS) is 1. The highest BCUT2D eigenvalue weighted by Crippen LogP contribution is 2.30. The molecule has 128 valence electrons. The molecule has 3 aromatic rings. The van der Waals surface area contributed by atoms with E-state index in [9.17, 15) is 9.18 Å². The third kappa shape index (κ3) is 3.26. The van der Waals surface area contributed by atoms with E-state index in [0.29, 0.717) is 28.1 Å². The smallest absolute Gasteiger partial charge is 0.335 e. The minimum Gasteiger partial charge on any atom is -0.478 e. The highest BCUT2D eigenvalue weighted by atomic mass is 19.1. The number of aromatic carboxylic acids is 1. The Morgan fingerprint density at radius 3 is 2.56 bits per heavy atom. The lowest BCUT2D eigenvalue weighted by Gasteiger charge is -2.25. The average molecular weight is 340 g/mol. The van der Waals surface area contributed by atoms with Crippen molar-refractivity contribution in [3.05, 3.63) is 48.0 Å². The molecule has 3 rings (SSSR count). The van der Waals surface area contributed by atoms with Gasteiger partial charge in [0.05, 0.1) is 16.6 Å². The van der Waals surface area contributed by atoms with E-state index in [4.69, 9.17) is 5.11 Å². The molecule has 0 aliphatic rings. The van der Waals surface area contributed by atoms with Crippen LogP contribution in [0.15, 0.2) is 36.5 Å². The van der Waals surface area contributed by atoms with E-state index in [0.717, 1.165) is 0 Å². The summed E-state index contributed by atoms with van der Waals surface area (Å²) in [5.74, 6) is -1.07. The fourth-order valence-corrected chi connectivity index (χ4v) is 2.41. The van der Waals surface area contributed by atoms with E-state index in [-0.39, 0.29) is 11.6 Å². The summed E-state index contributed by atoms with van der Waals surface area (Å²) in [5.41, 5.74) is 2.24. The van der Waals surface area contributed by atoms with Gasteiger partial charge in [0.1, 0.15) is 5.69 Å². The predicted octanol–water partition coefficient (Wildman–Crippen LogP) is 3.37. The molecule has 0 aliphatic carbocycles. The maximum absolute atomic E-state index is 13.6. The van der Waals surface area contributed by atoms with Crippen LogP contribution in [0.3, 0.4) is 0 Å². The van der Waals surface area contributed by atoms with Crippen molar-refractivity contribution < 1.29 is 14.3 Å². The molecule has 0 spiro atoms. The molecule has 0 unspecified atom stereocenters. The molecule has 0 aliphatic heterocycles. The zero-order valence-corrected chi connectivity index (χ0v) is 14.1. The van der Waals surface area contributed by atoms with Crippen LogP contribution in [-0.2, 0) is 0 Å². The lowest BCUT2D eigenvalue weighted by molar-refractivity contribution is 0.0697. The first-order valence-electron chi connectivity index (χ1n) is 7.76. The van der Waals surface area contributed by atoms with Crippen molar-refractivity contribution >= 4 is 22.8 Å². The molecule has 2 heterocycles. The van der Waals surface area contributed by atoms with Crippen molar-refractivity contribution in [3.8, 4) is 11.3 Å². The van der Waals surface area contributed by atoms with E-state index in [1.54, 1.807) is 12.1 Å². The van der Waals surface area contributed by atoms with E-state index in [1.807, 2.05) is 25.8 Å². The molecule has 2 aromatic heterocycles. The van der Waals surface area contributed by atoms with Crippen LogP contribution in [0.1, 0.15) is 24.2 Å². The van der Waals surface area contributed by atoms with Gasteiger partial charge in [-0.1, -0.05) is 0 Å². The van der Waals surface area contributed by atoms with Gasteiger partial charge in [-0.05, 0) is 38.1 Å². The zero-order chi connectivity index (χ0) is 18.1. The normalized spacial score (nSPS) is 11.1. The average Bonchev–Trinajstić information content (AvgIpc) is 2.59. The molecule has 0 saturated heterocycles. The van der Waals surface area contributed by atoms with Crippen molar-refractivity contribution in [3.63, 3.8) is 0 Å². The molecule has 1 N–H and O–H groups in total. The number of hydrogen-bond donors (Lipinski definition) is 1. The maximum atomic E-state index is 13.6. The molecular formula is C18H17FN4O2. The zero-order valence-electron chi connectivity index (χ0n) is 14.1. The summed E-state index contributed by atoms with van der Waals surface area (Å²) in [6.07, 6.45) is 1.38. The fourth-order valence-electron chi connectivity index (χ4n) is 2.41. The monoisotopic (exact) mass is 340 g/mol. The predicted molar refractivity (Wildman–Crippen MR) is 93.2 cm³/mol. The Morgan fingerprint density at radius 2 is 1.92 bits per heavy atom. The van der Waals surface area contributed by atoms with Crippen LogP contribution >= 0.6 is 0 Å². The van der Waals surface area contributed by atoms with Crippen LogP contribution in [0.4, 0.5) is 10.2 Å². The lowest BCUT2D eigenvalue weighted by atomic mass is 10.1. The van der Waals surface area contributed by atoms with Crippen molar-refractivity contribution in [2.24, 2.45) is 0 Å². The first kappa shape index (κ1) is 16.8. The quantitative estimate of drug-likeness (QED) is 0.734. The first-order valence-corrected chi connectivity index (χ1v) is 7.76. The van der Waals surface area contributed by atoms with E-state index in [1.165, 1.54) is 24.4 Å². The Balaban J connectivity index is 2.28. The molecule has 0 saturated carbocycles. The summed E-state index contributed by atoms with van der Waals surface area (Å²) in [6.45, 7) is 3.99. The molecule has 25 heavy (non-hydrogen) atoms. The highest BCUT2D eigenvalue weighted by Gasteiger charge is 2.18. The number of nitrogens with zero attached hydrogens (tertiary/aromatic N) is 4. The Hall–Kier alpha value is -3.09. The Morgan fingerprint density at radius 1 is 1.16 bits per heavy atom. The van der Waals surface area contributed by atoms with Crippen LogP contribution in [0.5, 0.6) is 0 Å². The van der Waals surface area contributed by atoms with Gasteiger partial charge >= 0.3 is 5.97 Å². The third-order valence-corrected chi connectivity index (χ3v) is 4.00. The second kappa shape index (κ2) is 6.43. The molecule has 7 heteroatoms. The summed E-state index contributed by atoms with van der Waals surface area (Å²) in [4.78, 5) is 25.9. The summed E-state index contributed by atoms with van der Waals surface area (Å²) < 4.78 is 13.6. The number of hydrogen-bond acceptors (Lipinski definition) is 5. The van der Waals surface area contributed by atoms with Gasteiger partial charge in [-0.2, -0.15) is 4.39 Å². The van der Waals surface area contributed by atoms with Gasteiger partial charge < -0.3 is 10.0 Å². The van der Waals surface area contributed by atoms with E-state index >= 15 is 0 Å². The van der Waals surface area contributed by atoms with Gasteiger partial charge in [0, 0.05) is 30.9 Å². The molecule has 1 aromatic carbocycles. The molecule has 0 bridgehead atoms. The summed E-state index contributed by atoms with van der Waals surface area (Å²) in [6, 6.07) is 7.66. The standard InChI is InChI=1S/C18H17FN4O2/c1-10(2)23(3)17-16(11-6-7-20-15(19)9-11)21-13-5-4-12(18(24)25)8-14(13)22-17/h4-10H,1-3H3,(H,24,25). The number of carbonyl (C=O) groups is 1. The molecular weight excluding hydrogens is 323 g/mol. The van der Waals surface area contributed by atoms with Crippen molar-refractivity contribution in [2.45, 2.75) is 19.9 Å². The number of anilines is 1. The highest BCUT2D eigenvalue weighted by molar-refractivity contribution is 5.93. The summed E-state index contributed by atoms with van der Waals surface area (Å²) >= 11 is 0. The number of rotatable bonds is 4. The number of carboxylic acids is 1. The number of fused-ring (bicyclic) bond motifs is 1. The molecule has 0 radical (unpaired) electrons. The number of benzene rings is 1. The van der Waals surface area contributed by atoms with Gasteiger partial charge in [0.25, 0.3) is 0 Å². The topological polar surface area (TPSA) is 79.2 Å². The van der Waals surface area contributed by atoms with Crippen LogP contribution in [0.2, 0.25) is 0 Å². The molecule has 0 amide bonds. The lowest BCUT2D eigenvalue weighted by Crippen LogP contribution is -2.27. The second-order valence-corrected chi connectivity index (χ2v) is 5.98. The number of aromatic nitrogens is 3. The van der Waals surface area contributed by atoms with Crippen LogP contribution in [0.25, 0.3) is 22.3 Å². The SMILES string of the molecule is CC(C)N(C)c1nc2cc(C(=O)O)ccc2nc1-c1ccnc(F)c1. The molecule has 6 nitrogen and oxygen atoms in total. The summed E-state index contributed by atoms with van der Waals surface area (Å²) in [5, 5.41) is 9.17. The second-order valence-electron chi connectivity index (χ2n) is 5.98. The minimum atomic E-state index is -1.03. The van der Waals surface area contributed by atoms with Crippen molar-refractivity contribution in [1.82, 2.24) is 15.0 Å².